The van der Waals surface area contributed by atoms with Crippen molar-refractivity contribution in [1.29, 1.82) is 0 Å². The number of hydrogen-bond acceptors (Lipinski definition) is 0. The van der Waals surface area contributed by atoms with Crippen LogP contribution < -0.4 is 0 Å². The quantitative estimate of drug-likeness (QED) is 0.700. The third-order valence-corrected chi connectivity index (χ3v) is 3.06. The Morgan fingerprint density at radius 2 is 1.73 bits per heavy atom. The highest BCUT2D eigenvalue weighted by Crippen LogP contribution is 2.24. The van der Waals surface area contributed by atoms with E-state index >= 15 is 0 Å². The van der Waals surface area contributed by atoms with Crippen LogP contribution in [0.5, 0.6) is 0 Å². The summed E-state index contributed by atoms with van der Waals surface area (Å²) < 4.78 is 0. The molecule has 0 bridgehead atoms. The van der Waals surface area contributed by atoms with Crippen molar-refractivity contribution in [3.8, 4) is 11.1 Å². The first kappa shape index (κ1) is 10.4. The van der Waals surface area contributed by atoms with Crippen molar-refractivity contribution in [2.45, 2.75) is 5.33 Å². The average molecular weight is 260 g/mol. The molecule has 0 saturated carbocycles. The van der Waals surface area contributed by atoms with Crippen LogP contribution in [-0.4, -0.2) is 0 Å². The van der Waals surface area contributed by atoms with Gasteiger partial charge in [-0.3, -0.25) is 0 Å². The fourth-order valence-corrected chi connectivity index (χ4v) is 1.98. The molecule has 15 heavy (non-hydrogen) atoms. The summed E-state index contributed by atoms with van der Waals surface area (Å²) in [5, 5.41) is 0.880. The van der Waals surface area contributed by atoms with Crippen LogP contribution in [-0.2, 0) is 5.33 Å². The maximum absolute atomic E-state index is 4.08. The second kappa shape index (κ2) is 4.63. The smallest absolute Gasteiger partial charge is 0.0283 e. The number of alkyl halides is 1. The lowest BCUT2D eigenvalue weighted by Crippen LogP contribution is -1.85. The molecule has 75 valence electrons. The Kier molecular flexibility index (Phi) is 3.22. The zero-order valence-corrected chi connectivity index (χ0v) is 10.00. The SMILES string of the molecule is [CH2]c1cc(CBr)ccc1-c1ccccc1. The van der Waals surface area contributed by atoms with Crippen molar-refractivity contribution in [2.24, 2.45) is 0 Å². The van der Waals surface area contributed by atoms with Crippen LogP contribution in [0.3, 0.4) is 0 Å². The van der Waals surface area contributed by atoms with Gasteiger partial charge >= 0.3 is 0 Å². The second-order valence-corrected chi connectivity index (χ2v) is 4.05. The number of halogens is 1. The van der Waals surface area contributed by atoms with Crippen LogP contribution in [0.25, 0.3) is 11.1 Å². The highest BCUT2D eigenvalue weighted by Gasteiger charge is 2.01. The summed E-state index contributed by atoms with van der Waals surface area (Å²) in [6, 6.07) is 16.7. The summed E-state index contributed by atoms with van der Waals surface area (Å²) in [6.45, 7) is 4.08. The fourth-order valence-electron chi connectivity index (χ4n) is 1.63. The van der Waals surface area contributed by atoms with Crippen molar-refractivity contribution in [1.82, 2.24) is 0 Å². The molecule has 1 radical (unpaired) electrons. The first-order valence-electron chi connectivity index (χ1n) is 4.87. The molecule has 0 unspecified atom stereocenters. The Balaban J connectivity index is 2.46. The van der Waals surface area contributed by atoms with E-state index in [4.69, 9.17) is 0 Å². The molecule has 0 atom stereocenters. The van der Waals surface area contributed by atoms with Gasteiger partial charge in [0.25, 0.3) is 0 Å². The van der Waals surface area contributed by atoms with E-state index in [1.807, 2.05) is 18.2 Å². The molecule has 0 N–H and O–H groups in total. The molecular formula is C14H12Br. The van der Waals surface area contributed by atoms with E-state index in [0.717, 1.165) is 10.9 Å². The number of rotatable bonds is 2. The van der Waals surface area contributed by atoms with Crippen LogP contribution in [0.4, 0.5) is 0 Å². The minimum Gasteiger partial charge on any atom is -0.0876 e. The average Bonchev–Trinajstić information content (AvgIpc) is 2.30. The van der Waals surface area contributed by atoms with Gasteiger partial charge in [-0.1, -0.05) is 64.5 Å². The van der Waals surface area contributed by atoms with Crippen molar-refractivity contribution < 1.29 is 0 Å². The van der Waals surface area contributed by atoms with Crippen LogP contribution >= 0.6 is 15.9 Å². The number of hydrogen-bond donors (Lipinski definition) is 0. The van der Waals surface area contributed by atoms with Crippen molar-refractivity contribution in [2.75, 3.05) is 0 Å². The molecule has 0 aliphatic heterocycles. The van der Waals surface area contributed by atoms with Crippen molar-refractivity contribution in [3.63, 3.8) is 0 Å². The summed E-state index contributed by atoms with van der Waals surface area (Å²) in [5.41, 5.74) is 4.78. The van der Waals surface area contributed by atoms with Gasteiger partial charge in [0.1, 0.15) is 0 Å². The van der Waals surface area contributed by atoms with Crippen LogP contribution in [0.1, 0.15) is 11.1 Å². The minimum atomic E-state index is 0.880. The molecule has 0 spiro atoms. The molecule has 0 aromatic heterocycles. The minimum absolute atomic E-state index is 0.880. The lowest BCUT2D eigenvalue weighted by Gasteiger charge is -2.07. The third-order valence-electron chi connectivity index (χ3n) is 2.41. The van der Waals surface area contributed by atoms with Gasteiger partial charge in [0.05, 0.1) is 0 Å². The van der Waals surface area contributed by atoms with Crippen molar-refractivity contribution >= 4 is 15.9 Å². The van der Waals surface area contributed by atoms with E-state index in [0.29, 0.717) is 0 Å². The van der Waals surface area contributed by atoms with E-state index in [2.05, 4.69) is 53.2 Å². The summed E-state index contributed by atoms with van der Waals surface area (Å²) in [5.74, 6) is 0. The first-order chi connectivity index (χ1) is 7.31. The van der Waals surface area contributed by atoms with Gasteiger partial charge in [0.2, 0.25) is 0 Å². The zero-order valence-electron chi connectivity index (χ0n) is 8.41. The Bertz CT molecular complexity index is 446. The fraction of sp³-hybridized carbons (Fsp3) is 0.0714. The third kappa shape index (κ3) is 2.29. The van der Waals surface area contributed by atoms with Gasteiger partial charge in [-0.15, -0.1) is 0 Å². The van der Waals surface area contributed by atoms with Crippen LogP contribution in [0.15, 0.2) is 48.5 Å². The van der Waals surface area contributed by atoms with Gasteiger partial charge in [-0.05, 0) is 29.2 Å². The molecule has 2 aromatic carbocycles. The molecule has 0 fully saturated rings. The topological polar surface area (TPSA) is 0 Å². The van der Waals surface area contributed by atoms with E-state index in [9.17, 15) is 0 Å². The van der Waals surface area contributed by atoms with Crippen LogP contribution in [0.2, 0.25) is 0 Å². The predicted octanol–water partition coefficient (Wildman–Crippen LogP) is 4.43. The van der Waals surface area contributed by atoms with E-state index < -0.39 is 0 Å². The van der Waals surface area contributed by atoms with Gasteiger partial charge in [-0.25, -0.2) is 0 Å². The lowest BCUT2D eigenvalue weighted by atomic mass is 9.99. The van der Waals surface area contributed by atoms with Gasteiger partial charge in [0, 0.05) is 5.33 Å². The molecule has 0 aliphatic carbocycles. The molecular weight excluding hydrogens is 248 g/mol. The molecule has 1 heteroatoms. The summed E-state index contributed by atoms with van der Waals surface area (Å²) in [7, 11) is 0. The largest absolute Gasteiger partial charge is 0.0876 e. The maximum Gasteiger partial charge on any atom is 0.0283 e. The Hall–Kier alpha value is -1.08. The van der Waals surface area contributed by atoms with E-state index in [1.165, 1.54) is 16.7 Å². The first-order valence-corrected chi connectivity index (χ1v) is 5.99. The Morgan fingerprint density at radius 1 is 1.00 bits per heavy atom. The van der Waals surface area contributed by atoms with Gasteiger partial charge in [0.15, 0.2) is 0 Å². The molecule has 0 amide bonds. The molecule has 0 saturated heterocycles. The maximum atomic E-state index is 4.08. The summed E-state index contributed by atoms with van der Waals surface area (Å²) in [4.78, 5) is 0. The molecule has 2 rings (SSSR count). The van der Waals surface area contributed by atoms with Crippen molar-refractivity contribution in [3.05, 3.63) is 66.6 Å². The number of benzene rings is 2. The monoisotopic (exact) mass is 259 g/mol. The highest BCUT2D eigenvalue weighted by atomic mass is 79.9. The standard InChI is InChI=1S/C14H12Br/c1-11-9-12(10-15)7-8-14(11)13-5-3-2-4-6-13/h2-9H,1,10H2. The second-order valence-electron chi connectivity index (χ2n) is 3.49. The normalized spacial score (nSPS) is 10.3. The Morgan fingerprint density at radius 3 is 2.33 bits per heavy atom. The lowest BCUT2D eigenvalue weighted by molar-refractivity contribution is 1.41. The molecule has 0 aliphatic rings. The molecule has 0 nitrogen and oxygen atoms in total. The molecule has 0 heterocycles. The summed E-state index contributed by atoms with van der Waals surface area (Å²) in [6.07, 6.45) is 0. The van der Waals surface area contributed by atoms with E-state index in [-0.39, 0.29) is 0 Å². The predicted molar refractivity (Wildman–Crippen MR) is 69.0 cm³/mol. The van der Waals surface area contributed by atoms with Gasteiger partial charge < -0.3 is 0 Å². The Labute approximate surface area is 99.1 Å². The molecule has 2 aromatic rings. The highest BCUT2D eigenvalue weighted by molar-refractivity contribution is 9.08. The summed E-state index contributed by atoms with van der Waals surface area (Å²) >= 11 is 3.44. The van der Waals surface area contributed by atoms with Crippen LogP contribution in [0, 0.1) is 6.92 Å². The van der Waals surface area contributed by atoms with E-state index in [1.54, 1.807) is 0 Å². The zero-order chi connectivity index (χ0) is 10.7. The van der Waals surface area contributed by atoms with Gasteiger partial charge in [-0.2, -0.15) is 0 Å².